The van der Waals surface area contributed by atoms with E-state index < -0.39 is 5.78 Å². The molecule has 4 aromatic rings. The number of nitrogens with one attached hydrogen (secondary N) is 1. The maximum Gasteiger partial charge on any atom is 0.266 e. The molecular formula is C27H19BrN2O5S3. The van der Waals surface area contributed by atoms with Gasteiger partial charge >= 0.3 is 0 Å². The van der Waals surface area contributed by atoms with Crippen LogP contribution in [-0.4, -0.2) is 40.5 Å². The molecule has 1 saturated heterocycles. The fourth-order valence-corrected chi connectivity index (χ4v) is 6.45. The summed E-state index contributed by atoms with van der Waals surface area (Å²) in [6.07, 6.45) is 1.79. The molecule has 192 valence electrons. The van der Waals surface area contributed by atoms with Crippen LogP contribution in [0.1, 0.15) is 27.4 Å². The molecule has 1 fully saturated rings. The topological polar surface area (TPSA) is 88.8 Å². The van der Waals surface area contributed by atoms with E-state index in [9.17, 15) is 14.4 Å². The van der Waals surface area contributed by atoms with Gasteiger partial charge < -0.3 is 14.5 Å². The SMILES string of the molecule is COc1ccc(C(=O)c2oc3ccccc3c2NC(=O)CCN2C(=O)/C(=C/c3cccs3)SC2=S)cc1Br. The number of hydrogen-bond donors (Lipinski definition) is 1. The van der Waals surface area contributed by atoms with Gasteiger partial charge in [-0.15, -0.1) is 11.3 Å². The van der Waals surface area contributed by atoms with Crippen LogP contribution < -0.4 is 10.1 Å². The third-order valence-corrected chi connectivity index (χ3v) is 8.55. The van der Waals surface area contributed by atoms with Crippen molar-refractivity contribution in [2.75, 3.05) is 19.0 Å². The van der Waals surface area contributed by atoms with Gasteiger partial charge in [0.25, 0.3) is 5.91 Å². The number of para-hydroxylation sites is 1. The highest BCUT2D eigenvalue weighted by Crippen LogP contribution is 2.35. The molecule has 7 nitrogen and oxygen atoms in total. The molecule has 2 amide bonds. The van der Waals surface area contributed by atoms with E-state index in [4.69, 9.17) is 21.4 Å². The molecule has 0 unspecified atom stereocenters. The number of thiocarbonyl (C=S) groups is 1. The standard InChI is InChI=1S/C27H19BrN2O5S3/c1-34-20-9-8-15(13-18(20)28)24(32)25-23(17-6-2-3-7-19(17)35-25)29-22(31)10-11-30-26(33)21(38-27(30)36)14-16-5-4-12-37-16/h2-9,12-14H,10-11H2,1H3,(H,29,31)/b21-14-. The molecule has 0 saturated carbocycles. The fraction of sp³-hybridized carbons (Fsp3) is 0.111. The highest BCUT2D eigenvalue weighted by atomic mass is 79.9. The average molecular weight is 628 g/mol. The zero-order chi connectivity index (χ0) is 26.8. The summed E-state index contributed by atoms with van der Waals surface area (Å²) in [7, 11) is 1.54. The van der Waals surface area contributed by atoms with Crippen LogP contribution in [0.2, 0.25) is 0 Å². The van der Waals surface area contributed by atoms with Crippen molar-refractivity contribution >= 4 is 95.9 Å². The van der Waals surface area contributed by atoms with Crippen LogP contribution >= 0.6 is 51.2 Å². The van der Waals surface area contributed by atoms with Crippen molar-refractivity contribution < 1.29 is 23.5 Å². The van der Waals surface area contributed by atoms with Crippen molar-refractivity contribution in [3.8, 4) is 5.75 Å². The van der Waals surface area contributed by atoms with Crippen molar-refractivity contribution in [1.29, 1.82) is 0 Å². The van der Waals surface area contributed by atoms with Crippen molar-refractivity contribution in [2.24, 2.45) is 0 Å². The normalized spacial score (nSPS) is 14.5. The predicted molar refractivity (Wildman–Crippen MR) is 158 cm³/mol. The van der Waals surface area contributed by atoms with Gasteiger partial charge in [-0.1, -0.05) is 42.2 Å². The maximum atomic E-state index is 13.4. The summed E-state index contributed by atoms with van der Waals surface area (Å²) in [5.74, 6) is -0.397. The second kappa shape index (κ2) is 11.2. The molecule has 2 aromatic carbocycles. The van der Waals surface area contributed by atoms with E-state index in [-0.39, 0.29) is 36.2 Å². The molecule has 0 aliphatic carbocycles. The number of anilines is 1. The Bertz CT molecular complexity index is 1610. The number of carbonyl (C=O) groups excluding carboxylic acids is 3. The molecule has 0 atom stereocenters. The first-order valence-corrected chi connectivity index (χ1v) is 14.2. The predicted octanol–water partition coefficient (Wildman–Crippen LogP) is 6.73. The number of furan rings is 1. The van der Waals surface area contributed by atoms with E-state index in [1.807, 2.05) is 17.5 Å². The van der Waals surface area contributed by atoms with Gasteiger partial charge in [0, 0.05) is 28.8 Å². The zero-order valence-electron chi connectivity index (χ0n) is 19.9. The lowest BCUT2D eigenvalue weighted by Gasteiger charge is -2.14. The Kier molecular flexibility index (Phi) is 7.80. The number of hydrogen-bond acceptors (Lipinski definition) is 8. The van der Waals surface area contributed by atoms with E-state index in [1.54, 1.807) is 48.5 Å². The third-order valence-electron chi connectivity index (χ3n) is 5.73. The molecule has 1 N–H and O–H groups in total. The highest BCUT2D eigenvalue weighted by molar-refractivity contribution is 9.10. The Morgan fingerprint density at radius 2 is 2.00 bits per heavy atom. The number of ketones is 1. The summed E-state index contributed by atoms with van der Waals surface area (Å²) in [5, 5.41) is 5.36. The monoisotopic (exact) mass is 626 g/mol. The van der Waals surface area contributed by atoms with Gasteiger partial charge in [0.2, 0.25) is 11.7 Å². The lowest BCUT2D eigenvalue weighted by molar-refractivity contribution is -0.122. The van der Waals surface area contributed by atoms with Crippen molar-refractivity contribution in [2.45, 2.75) is 6.42 Å². The molecule has 1 aliphatic rings. The van der Waals surface area contributed by atoms with Gasteiger partial charge in [-0.25, -0.2) is 0 Å². The number of ether oxygens (including phenoxy) is 1. The van der Waals surface area contributed by atoms with Crippen LogP contribution in [-0.2, 0) is 9.59 Å². The summed E-state index contributed by atoms with van der Waals surface area (Å²) >= 11 is 11.5. The van der Waals surface area contributed by atoms with Crippen LogP contribution in [0.3, 0.4) is 0 Å². The van der Waals surface area contributed by atoms with Gasteiger partial charge in [0.15, 0.2) is 5.76 Å². The van der Waals surface area contributed by atoms with Crippen LogP contribution in [0, 0.1) is 0 Å². The Morgan fingerprint density at radius 1 is 1.18 bits per heavy atom. The lowest BCUT2D eigenvalue weighted by atomic mass is 10.1. The van der Waals surface area contributed by atoms with Crippen LogP contribution in [0.25, 0.3) is 17.0 Å². The summed E-state index contributed by atoms with van der Waals surface area (Å²) in [5.41, 5.74) is 1.11. The highest BCUT2D eigenvalue weighted by Gasteiger charge is 2.32. The fourth-order valence-electron chi connectivity index (χ4n) is 3.88. The second-order valence-electron chi connectivity index (χ2n) is 8.13. The Balaban J connectivity index is 1.34. The minimum Gasteiger partial charge on any atom is -0.496 e. The number of methoxy groups -OCH3 is 1. The number of halogens is 1. The van der Waals surface area contributed by atoms with Crippen molar-refractivity contribution in [3.63, 3.8) is 0 Å². The number of thioether (sulfide) groups is 1. The number of rotatable bonds is 8. The van der Waals surface area contributed by atoms with Gasteiger partial charge in [-0.2, -0.15) is 0 Å². The van der Waals surface area contributed by atoms with Crippen LogP contribution in [0.5, 0.6) is 5.75 Å². The quantitative estimate of drug-likeness (QED) is 0.132. The maximum absolute atomic E-state index is 13.4. The van der Waals surface area contributed by atoms with E-state index in [0.29, 0.717) is 36.0 Å². The number of nitrogens with zero attached hydrogens (tertiary/aromatic N) is 1. The molecule has 0 bridgehead atoms. The Hall–Kier alpha value is -3.25. The van der Waals surface area contributed by atoms with E-state index in [2.05, 4.69) is 21.2 Å². The number of benzene rings is 2. The molecule has 0 radical (unpaired) electrons. The van der Waals surface area contributed by atoms with Crippen LogP contribution in [0.15, 0.2) is 73.8 Å². The minimum absolute atomic E-state index is 0.0139. The molecule has 5 rings (SSSR count). The van der Waals surface area contributed by atoms with Gasteiger partial charge in [0.05, 0.1) is 22.2 Å². The second-order valence-corrected chi connectivity index (χ2v) is 11.6. The van der Waals surface area contributed by atoms with Crippen molar-refractivity contribution in [1.82, 2.24) is 4.90 Å². The summed E-state index contributed by atoms with van der Waals surface area (Å²) in [6.45, 7) is 0.114. The third kappa shape index (κ3) is 5.32. The van der Waals surface area contributed by atoms with Gasteiger partial charge in [-0.3, -0.25) is 19.3 Å². The zero-order valence-corrected chi connectivity index (χ0v) is 23.9. The lowest BCUT2D eigenvalue weighted by Crippen LogP contribution is -2.31. The number of amides is 2. The summed E-state index contributed by atoms with van der Waals surface area (Å²) in [6, 6.07) is 15.9. The molecule has 3 heterocycles. The van der Waals surface area contributed by atoms with Crippen LogP contribution in [0.4, 0.5) is 5.69 Å². The van der Waals surface area contributed by atoms with E-state index in [1.165, 1.54) is 35.1 Å². The first-order valence-electron chi connectivity index (χ1n) is 11.3. The number of thiophene rings is 1. The number of fused-ring (bicyclic) bond motifs is 1. The van der Waals surface area contributed by atoms with Crippen molar-refractivity contribution in [3.05, 3.63) is 85.6 Å². The first kappa shape index (κ1) is 26.4. The Labute approximate surface area is 240 Å². The summed E-state index contributed by atoms with van der Waals surface area (Å²) < 4.78 is 12.1. The van der Waals surface area contributed by atoms with Gasteiger partial charge in [0.1, 0.15) is 15.7 Å². The van der Waals surface area contributed by atoms with E-state index in [0.717, 1.165) is 4.88 Å². The summed E-state index contributed by atoms with van der Waals surface area (Å²) in [4.78, 5) is 42.2. The molecule has 0 spiro atoms. The molecule has 2 aromatic heterocycles. The van der Waals surface area contributed by atoms with E-state index >= 15 is 0 Å². The average Bonchev–Trinajstić information content (AvgIpc) is 3.62. The molecule has 11 heteroatoms. The largest absolute Gasteiger partial charge is 0.496 e. The molecular weight excluding hydrogens is 608 g/mol. The van der Waals surface area contributed by atoms with Gasteiger partial charge in [-0.05, 0) is 63.8 Å². The smallest absolute Gasteiger partial charge is 0.266 e. The molecule has 38 heavy (non-hydrogen) atoms. The number of carbonyl (C=O) groups is 3. The minimum atomic E-state index is -0.393. The molecule has 1 aliphatic heterocycles. The Morgan fingerprint density at radius 3 is 2.74 bits per heavy atom. The first-order chi connectivity index (χ1) is 18.4.